The molecule has 2 fully saturated rings. The van der Waals surface area contributed by atoms with E-state index in [0.717, 1.165) is 44.8 Å². The SMILES string of the molecule is CCN1CCN(CCC(=O)N2CCO[C@@H](c3ccc(F)cc3)C2)CC1. The van der Waals surface area contributed by atoms with Crippen molar-refractivity contribution < 1.29 is 13.9 Å². The fraction of sp³-hybridized carbons (Fsp3) is 0.632. The summed E-state index contributed by atoms with van der Waals surface area (Å²) in [5.74, 6) is -0.0657. The first kappa shape index (κ1) is 18.3. The Morgan fingerprint density at radius 3 is 2.48 bits per heavy atom. The fourth-order valence-electron chi connectivity index (χ4n) is 3.50. The number of likely N-dealkylation sites (N-methyl/N-ethyl adjacent to an activating group) is 1. The molecule has 0 saturated carbocycles. The molecular weight excluding hydrogens is 321 g/mol. The Labute approximate surface area is 149 Å². The Kier molecular flexibility index (Phi) is 6.39. The maximum absolute atomic E-state index is 13.1. The summed E-state index contributed by atoms with van der Waals surface area (Å²) in [6.45, 7) is 10.1. The number of morpholine rings is 1. The van der Waals surface area contributed by atoms with E-state index < -0.39 is 0 Å². The summed E-state index contributed by atoms with van der Waals surface area (Å²) in [6, 6.07) is 6.35. The van der Waals surface area contributed by atoms with Crippen LogP contribution in [0.3, 0.4) is 0 Å². The molecule has 0 radical (unpaired) electrons. The van der Waals surface area contributed by atoms with Gasteiger partial charge in [-0.3, -0.25) is 4.79 Å². The smallest absolute Gasteiger partial charge is 0.224 e. The predicted octanol–water partition coefficient (Wildman–Crippen LogP) is 1.75. The van der Waals surface area contributed by atoms with E-state index in [9.17, 15) is 9.18 Å². The molecule has 1 amide bonds. The molecule has 0 unspecified atom stereocenters. The van der Waals surface area contributed by atoms with Gasteiger partial charge in [-0.05, 0) is 24.2 Å². The van der Waals surface area contributed by atoms with Gasteiger partial charge in [0.15, 0.2) is 0 Å². The van der Waals surface area contributed by atoms with Crippen molar-refractivity contribution in [3.05, 3.63) is 35.6 Å². The van der Waals surface area contributed by atoms with Crippen LogP contribution in [0.25, 0.3) is 0 Å². The third kappa shape index (κ3) is 5.00. The molecule has 0 aliphatic carbocycles. The minimum absolute atomic E-state index is 0.161. The molecule has 25 heavy (non-hydrogen) atoms. The standard InChI is InChI=1S/C19H28FN3O2/c1-2-21-9-11-22(12-10-21)8-7-19(24)23-13-14-25-18(15-23)16-3-5-17(20)6-4-16/h3-6,18H,2,7-15H2,1H3/t18-/m1/s1. The molecule has 2 heterocycles. The third-order valence-corrected chi connectivity index (χ3v) is 5.21. The Bertz CT molecular complexity index is 558. The number of hydrogen-bond donors (Lipinski definition) is 0. The summed E-state index contributed by atoms with van der Waals surface area (Å²) in [5, 5.41) is 0. The van der Waals surface area contributed by atoms with Crippen LogP contribution in [0.15, 0.2) is 24.3 Å². The molecule has 0 bridgehead atoms. The van der Waals surface area contributed by atoms with E-state index >= 15 is 0 Å². The topological polar surface area (TPSA) is 36.0 Å². The highest BCUT2D eigenvalue weighted by Gasteiger charge is 2.26. The van der Waals surface area contributed by atoms with Gasteiger partial charge >= 0.3 is 0 Å². The largest absolute Gasteiger partial charge is 0.370 e. The number of carbonyl (C=O) groups is 1. The van der Waals surface area contributed by atoms with Gasteiger partial charge < -0.3 is 19.4 Å². The van der Waals surface area contributed by atoms with E-state index in [1.54, 1.807) is 12.1 Å². The molecule has 1 aromatic rings. The second kappa shape index (κ2) is 8.74. The Balaban J connectivity index is 1.46. The van der Waals surface area contributed by atoms with Crippen LogP contribution in [-0.2, 0) is 9.53 Å². The average Bonchev–Trinajstić information content (AvgIpc) is 2.67. The molecule has 2 saturated heterocycles. The van der Waals surface area contributed by atoms with Crippen molar-refractivity contribution in [3.63, 3.8) is 0 Å². The average molecular weight is 349 g/mol. The second-order valence-corrected chi connectivity index (χ2v) is 6.78. The van der Waals surface area contributed by atoms with E-state index in [1.807, 2.05) is 4.90 Å². The molecule has 1 aromatic carbocycles. The maximum Gasteiger partial charge on any atom is 0.224 e. The number of piperazine rings is 1. The number of nitrogens with zero attached hydrogens (tertiary/aromatic N) is 3. The van der Waals surface area contributed by atoms with Crippen LogP contribution in [0.5, 0.6) is 0 Å². The molecule has 3 rings (SSSR count). The molecule has 1 atom stereocenters. The van der Waals surface area contributed by atoms with Gasteiger partial charge in [-0.15, -0.1) is 0 Å². The second-order valence-electron chi connectivity index (χ2n) is 6.78. The summed E-state index contributed by atoms with van der Waals surface area (Å²) in [5.41, 5.74) is 0.926. The maximum atomic E-state index is 13.1. The molecule has 0 spiro atoms. The summed E-state index contributed by atoms with van der Waals surface area (Å²) in [4.78, 5) is 19.3. The molecule has 2 aliphatic heterocycles. The van der Waals surface area contributed by atoms with Gasteiger partial charge in [0.2, 0.25) is 5.91 Å². The predicted molar refractivity (Wildman–Crippen MR) is 94.8 cm³/mol. The minimum atomic E-state index is -0.254. The van der Waals surface area contributed by atoms with Crippen LogP contribution in [0.1, 0.15) is 25.0 Å². The Morgan fingerprint density at radius 2 is 1.80 bits per heavy atom. The lowest BCUT2D eigenvalue weighted by molar-refractivity contribution is -0.139. The van der Waals surface area contributed by atoms with Crippen molar-refractivity contribution in [1.82, 2.24) is 14.7 Å². The normalized spacial score (nSPS) is 23.0. The van der Waals surface area contributed by atoms with Gasteiger partial charge in [-0.2, -0.15) is 0 Å². The van der Waals surface area contributed by atoms with Crippen molar-refractivity contribution in [3.8, 4) is 0 Å². The van der Waals surface area contributed by atoms with E-state index in [2.05, 4.69) is 16.7 Å². The summed E-state index contributed by atoms with van der Waals surface area (Å²) in [6.07, 6.45) is 0.397. The molecule has 6 heteroatoms. The monoisotopic (exact) mass is 349 g/mol. The summed E-state index contributed by atoms with van der Waals surface area (Å²) >= 11 is 0. The van der Waals surface area contributed by atoms with Gasteiger partial charge in [0, 0.05) is 45.7 Å². The van der Waals surface area contributed by atoms with Crippen LogP contribution in [-0.4, -0.2) is 79.6 Å². The minimum Gasteiger partial charge on any atom is -0.370 e. The molecule has 0 N–H and O–H groups in total. The van der Waals surface area contributed by atoms with Crippen LogP contribution >= 0.6 is 0 Å². The molecule has 2 aliphatic rings. The Hall–Kier alpha value is -1.50. The fourth-order valence-corrected chi connectivity index (χ4v) is 3.50. The lowest BCUT2D eigenvalue weighted by Crippen LogP contribution is -2.48. The molecule has 138 valence electrons. The van der Waals surface area contributed by atoms with Crippen molar-refractivity contribution >= 4 is 5.91 Å². The zero-order chi connectivity index (χ0) is 17.6. The van der Waals surface area contributed by atoms with Crippen molar-refractivity contribution in [2.24, 2.45) is 0 Å². The molecular formula is C19H28FN3O2. The van der Waals surface area contributed by atoms with Crippen LogP contribution < -0.4 is 0 Å². The van der Waals surface area contributed by atoms with E-state index in [4.69, 9.17) is 4.74 Å². The lowest BCUT2D eigenvalue weighted by Gasteiger charge is -2.35. The van der Waals surface area contributed by atoms with Crippen LogP contribution in [0.4, 0.5) is 4.39 Å². The molecule has 5 nitrogen and oxygen atoms in total. The summed E-state index contributed by atoms with van der Waals surface area (Å²) in [7, 11) is 0. The van der Waals surface area contributed by atoms with Gasteiger partial charge in [-0.25, -0.2) is 4.39 Å². The Morgan fingerprint density at radius 1 is 1.12 bits per heavy atom. The first-order valence-electron chi connectivity index (χ1n) is 9.25. The lowest BCUT2D eigenvalue weighted by atomic mass is 10.1. The van der Waals surface area contributed by atoms with Gasteiger partial charge in [0.05, 0.1) is 13.2 Å². The van der Waals surface area contributed by atoms with E-state index in [1.165, 1.54) is 12.1 Å². The third-order valence-electron chi connectivity index (χ3n) is 5.21. The van der Waals surface area contributed by atoms with Crippen LogP contribution in [0.2, 0.25) is 0 Å². The van der Waals surface area contributed by atoms with Crippen molar-refractivity contribution in [2.75, 3.05) is 59.0 Å². The zero-order valence-electron chi connectivity index (χ0n) is 15.0. The highest BCUT2D eigenvalue weighted by atomic mass is 19.1. The number of carbonyl (C=O) groups excluding carboxylic acids is 1. The number of hydrogen-bond acceptors (Lipinski definition) is 4. The highest BCUT2D eigenvalue weighted by Crippen LogP contribution is 2.23. The first-order chi connectivity index (χ1) is 12.2. The van der Waals surface area contributed by atoms with E-state index in [0.29, 0.717) is 26.1 Å². The van der Waals surface area contributed by atoms with Gasteiger partial charge in [-0.1, -0.05) is 19.1 Å². The first-order valence-corrected chi connectivity index (χ1v) is 9.25. The summed E-state index contributed by atoms with van der Waals surface area (Å²) < 4.78 is 18.8. The van der Waals surface area contributed by atoms with Gasteiger partial charge in [0.25, 0.3) is 0 Å². The van der Waals surface area contributed by atoms with E-state index in [-0.39, 0.29) is 17.8 Å². The quantitative estimate of drug-likeness (QED) is 0.812. The number of benzene rings is 1. The zero-order valence-corrected chi connectivity index (χ0v) is 15.0. The van der Waals surface area contributed by atoms with Crippen molar-refractivity contribution in [1.29, 1.82) is 0 Å². The number of rotatable bonds is 5. The number of halogens is 1. The molecule has 0 aromatic heterocycles. The van der Waals surface area contributed by atoms with Crippen molar-refractivity contribution in [2.45, 2.75) is 19.4 Å². The highest BCUT2D eigenvalue weighted by molar-refractivity contribution is 5.76. The van der Waals surface area contributed by atoms with Gasteiger partial charge in [0.1, 0.15) is 11.9 Å². The number of amides is 1. The number of ether oxygens (including phenoxy) is 1. The van der Waals surface area contributed by atoms with Crippen LogP contribution in [0, 0.1) is 5.82 Å².